The van der Waals surface area contributed by atoms with Gasteiger partial charge in [0.25, 0.3) is 0 Å². The minimum atomic E-state index is -0.174. The molecule has 0 aliphatic carbocycles. The standard InChI is InChI=1S/C25H27N5O4S/c1-3-32-20-10-9-16(13-21(20)33-4-2)19-14-22(34-29-19)28-23(31)17-7-6-12-30(15-17)25-27-18-8-5-11-26-24(18)35-25/h5,8-11,13-14,17H,3-4,6-7,12,15H2,1-2H3,(H,28,31). The highest BCUT2D eigenvalue weighted by Gasteiger charge is 2.28. The number of amides is 1. The smallest absolute Gasteiger partial charge is 0.231 e. The number of carbonyl (C=O) groups is 1. The number of nitrogens with one attached hydrogen (secondary N) is 1. The Bertz CT molecular complexity index is 1290. The molecular formula is C25H27N5O4S. The zero-order valence-electron chi connectivity index (χ0n) is 19.7. The lowest BCUT2D eigenvalue weighted by Crippen LogP contribution is -2.40. The second kappa shape index (κ2) is 10.3. The van der Waals surface area contributed by atoms with E-state index in [1.807, 2.05) is 44.2 Å². The quantitative estimate of drug-likeness (QED) is 0.366. The summed E-state index contributed by atoms with van der Waals surface area (Å²) in [6.45, 7) is 6.40. The Kier molecular flexibility index (Phi) is 6.80. The minimum Gasteiger partial charge on any atom is -0.490 e. The van der Waals surface area contributed by atoms with E-state index >= 15 is 0 Å². The first-order valence-electron chi connectivity index (χ1n) is 11.8. The maximum absolute atomic E-state index is 13.0. The van der Waals surface area contributed by atoms with Gasteiger partial charge >= 0.3 is 0 Å². The number of benzene rings is 1. The number of fused-ring (bicyclic) bond motifs is 1. The molecule has 1 saturated heterocycles. The Hall–Kier alpha value is -3.66. The molecule has 1 aliphatic rings. The van der Waals surface area contributed by atoms with E-state index in [-0.39, 0.29) is 11.8 Å². The number of pyridine rings is 1. The number of nitrogens with zero attached hydrogens (tertiary/aromatic N) is 4. The van der Waals surface area contributed by atoms with Gasteiger partial charge in [0.2, 0.25) is 11.8 Å². The van der Waals surface area contributed by atoms with Gasteiger partial charge in [-0.25, -0.2) is 9.97 Å². The van der Waals surface area contributed by atoms with Crippen LogP contribution in [0, 0.1) is 5.92 Å². The number of hydrogen-bond donors (Lipinski definition) is 1. The normalized spacial score (nSPS) is 15.8. The first-order valence-corrected chi connectivity index (χ1v) is 12.6. The fraction of sp³-hybridized carbons (Fsp3) is 0.360. The van der Waals surface area contributed by atoms with Crippen LogP contribution in [0.1, 0.15) is 26.7 Å². The highest BCUT2D eigenvalue weighted by Crippen LogP contribution is 2.34. The van der Waals surface area contributed by atoms with Crippen LogP contribution in [0.15, 0.2) is 47.1 Å². The third-order valence-corrected chi connectivity index (χ3v) is 6.85. The summed E-state index contributed by atoms with van der Waals surface area (Å²) in [7, 11) is 0. The molecule has 1 amide bonds. The van der Waals surface area contributed by atoms with Crippen LogP contribution in [0.25, 0.3) is 21.6 Å². The Labute approximate surface area is 207 Å². The van der Waals surface area contributed by atoms with Gasteiger partial charge in [0, 0.05) is 30.9 Å². The summed E-state index contributed by atoms with van der Waals surface area (Å²) in [5, 5.41) is 7.93. The van der Waals surface area contributed by atoms with Gasteiger partial charge in [-0.15, -0.1) is 0 Å². The van der Waals surface area contributed by atoms with Crippen LogP contribution in [0.4, 0.5) is 11.0 Å². The van der Waals surface area contributed by atoms with E-state index in [1.165, 1.54) is 0 Å². The second-order valence-corrected chi connectivity index (χ2v) is 9.16. The summed E-state index contributed by atoms with van der Waals surface area (Å²) < 4.78 is 16.8. The van der Waals surface area contributed by atoms with Gasteiger partial charge in [-0.3, -0.25) is 10.1 Å². The van der Waals surface area contributed by atoms with Crippen molar-refractivity contribution in [3.8, 4) is 22.8 Å². The van der Waals surface area contributed by atoms with Crippen LogP contribution in [-0.2, 0) is 4.79 Å². The van der Waals surface area contributed by atoms with Gasteiger partial charge < -0.3 is 18.9 Å². The summed E-state index contributed by atoms with van der Waals surface area (Å²) in [5.41, 5.74) is 2.31. The van der Waals surface area contributed by atoms with E-state index < -0.39 is 0 Å². The van der Waals surface area contributed by atoms with E-state index in [2.05, 4.69) is 20.4 Å². The molecule has 4 heterocycles. The molecule has 1 unspecified atom stereocenters. The van der Waals surface area contributed by atoms with E-state index in [0.717, 1.165) is 40.4 Å². The average molecular weight is 494 g/mol. The van der Waals surface area contributed by atoms with Gasteiger partial charge in [0.05, 0.1) is 19.1 Å². The van der Waals surface area contributed by atoms with Crippen LogP contribution in [0.5, 0.6) is 11.5 Å². The lowest BCUT2D eigenvalue weighted by molar-refractivity contribution is -0.120. The zero-order chi connectivity index (χ0) is 24.2. The van der Waals surface area contributed by atoms with Crippen LogP contribution < -0.4 is 19.7 Å². The van der Waals surface area contributed by atoms with Crippen molar-refractivity contribution in [3.05, 3.63) is 42.6 Å². The number of carbonyl (C=O) groups excluding carboxylic acids is 1. The van der Waals surface area contributed by atoms with Crippen LogP contribution in [0.2, 0.25) is 0 Å². The Morgan fingerprint density at radius 2 is 2.06 bits per heavy atom. The number of ether oxygens (including phenoxy) is 2. The maximum atomic E-state index is 13.0. The molecule has 0 bridgehead atoms. The average Bonchev–Trinajstić information content (AvgIpc) is 3.53. The third-order valence-electron chi connectivity index (χ3n) is 5.81. The monoisotopic (exact) mass is 493 g/mol. The number of hydrogen-bond acceptors (Lipinski definition) is 9. The SMILES string of the molecule is CCOc1ccc(-c2cc(NC(=O)C3CCCN(c4nc5cccnc5s4)C3)on2)cc1OCC. The van der Waals surface area contributed by atoms with Crippen molar-refractivity contribution in [3.63, 3.8) is 0 Å². The summed E-state index contributed by atoms with van der Waals surface area (Å²) in [4.78, 5) is 25.2. The predicted octanol–water partition coefficient (Wildman–Crippen LogP) is 5.00. The molecule has 0 saturated carbocycles. The molecule has 1 aliphatic heterocycles. The van der Waals surface area contributed by atoms with Crippen molar-refractivity contribution >= 4 is 38.6 Å². The van der Waals surface area contributed by atoms with E-state index in [4.69, 9.17) is 19.0 Å². The van der Waals surface area contributed by atoms with Crippen molar-refractivity contribution in [2.24, 2.45) is 5.92 Å². The molecule has 182 valence electrons. The molecule has 1 fully saturated rings. The van der Waals surface area contributed by atoms with Gasteiger partial charge in [-0.05, 0) is 57.0 Å². The molecule has 3 aromatic heterocycles. The highest BCUT2D eigenvalue weighted by atomic mass is 32.1. The van der Waals surface area contributed by atoms with E-state index in [0.29, 0.717) is 42.8 Å². The number of aromatic nitrogens is 3. The molecule has 35 heavy (non-hydrogen) atoms. The largest absolute Gasteiger partial charge is 0.490 e. The van der Waals surface area contributed by atoms with Gasteiger partial charge in [0.15, 0.2) is 16.6 Å². The first-order chi connectivity index (χ1) is 17.1. The van der Waals surface area contributed by atoms with Crippen molar-refractivity contribution in [2.75, 3.05) is 36.5 Å². The van der Waals surface area contributed by atoms with Gasteiger partial charge in [-0.1, -0.05) is 16.5 Å². The molecule has 9 nitrogen and oxygen atoms in total. The molecule has 0 radical (unpaired) electrons. The van der Waals surface area contributed by atoms with Crippen molar-refractivity contribution in [1.29, 1.82) is 0 Å². The Balaban J connectivity index is 1.26. The molecular weight excluding hydrogens is 466 g/mol. The molecule has 4 aromatic rings. The fourth-order valence-corrected chi connectivity index (χ4v) is 5.11. The fourth-order valence-electron chi connectivity index (χ4n) is 4.16. The summed E-state index contributed by atoms with van der Waals surface area (Å²) >= 11 is 1.56. The first kappa shape index (κ1) is 23.1. The van der Waals surface area contributed by atoms with Gasteiger partial charge in [0.1, 0.15) is 16.0 Å². The van der Waals surface area contributed by atoms with Crippen molar-refractivity contribution < 1.29 is 18.8 Å². The second-order valence-electron chi connectivity index (χ2n) is 8.20. The van der Waals surface area contributed by atoms with Gasteiger partial charge in [-0.2, -0.15) is 0 Å². The lowest BCUT2D eigenvalue weighted by atomic mass is 9.97. The number of rotatable bonds is 8. The third kappa shape index (κ3) is 5.07. The topological polar surface area (TPSA) is 103 Å². The summed E-state index contributed by atoms with van der Waals surface area (Å²) in [5.74, 6) is 1.39. The van der Waals surface area contributed by atoms with Crippen LogP contribution in [-0.4, -0.2) is 47.3 Å². The number of piperidine rings is 1. The van der Waals surface area contributed by atoms with E-state index in [1.54, 1.807) is 23.6 Å². The molecule has 5 rings (SSSR count). The number of thiazole rings is 1. The molecule has 1 N–H and O–H groups in total. The summed E-state index contributed by atoms with van der Waals surface area (Å²) in [6, 6.07) is 11.2. The summed E-state index contributed by atoms with van der Waals surface area (Å²) in [6.07, 6.45) is 3.49. The highest BCUT2D eigenvalue weighted by molar-refractivity contribution is 7.21. The minimum absolute atomic E-state index is 0.0849. The predicted molar refractivity (Wildman–Crippen MR) is 135 cm³/mol. The Morgan fingerprint density at radius 3 is 2.89 bits per heavy atom. The molecule has 1 aromatic carbocycles. The molecule has 10 heteroatoms. The molecule has 1 atom stereocenters. The Morgan fingerprint density at radius 1 is 1.20 bits per heavy atom. The lowest BCUT2D eigenvalue weighted by Gasteiger charge is -2.31. The zero-order valence-corrected chi connectivity index (χ0v) is 20.5. The van der Waals surface area contributed by atoms with E-state index in [9.17, 15) is 4.79 Å². The van der Waals surface area contributed by atoms with Crippen LogP contribution in [0.3, 0.4) is 0 Å². The van der Waals surface area contributed by atoms with Crippen molar-refractivity contribution in [1.82, 2.24) is 15.1 Å². The number of anilines is 2. The maximum Gasteiger partial charge on any atom is 0.231 e. The molecule has 0 spiro atoms. The van der Waals surface area contributed by atoms with Crippen LogP contribution >= 0.6 is 11.3 Å². The van der Waals surface area contributed by atoms with Crippen molar-refractivity contribution in [2.45, 2.75) is 26.7 Å².